The van der Waals surface area contributed by atoms with E-state index < -0.39 is 10.0 Å². The van der Waals surface area contributed by atoms with Gasteiger partial charge >= 0.3 is 0 Å². The molecule has 3 N–H and O–H groups in total. The standard InChI is InChI=1S/C16H20N2O4S/c1-10-11(2)22-12(3)15(10)16(19)18-9-8-13-4-6-14(7-5-13)23(17,20)21/h4-7H,8-9H2,1-3H3,(H,18,19)(H2,17,20,21). The van der Waals surface area contributed by atoms with Crippen LogP contribution < -0.4 is 10.5 Å². The zero-order valence-corrected chi connectivity index (χ0v) is 14.2. The van der Waals surface area contributed by atoms with Crippen molar-refractivity contribution in [2.24, 2.45) is 5.14 Å². The van der Waals surface area contributed by atoms with Crippen LogP contribution in [0.3, 0.4) is 0 Å². The molecule has 6 nitrogen and oxygen atoms in total. The summed E-state index contributed by atoms with van der Waals surface area (Å²) in [7, 11) is -3.68. The van der Waals surface area contributed by atoms with E-state index in [1.54, 1.807) is 19.1 Å². The zero-order valence-electron chi connectivity index (χ0n) is 13.3. The topological polar surface area (TPSA) is 102 Å². The summed E-state index contributed by atoms with van der Waals surface area (Å²) in [6.07, 6.45) is 0.589. The monoisotopic (exact) mass is 336 g/mol. The number of carbonyl (C=O) groups excluding carboxylic acids is 1. The van der Waals surface area contributed by atoms with Crippen LogP contribution in [0.15, 0.2) is 33.6 Å². The van der Waals surface area contributed by atoms with Crippen molar-refractivity contribution >= 4 is 15.9 Å². The molecule has 2 rings (SSSR count). The minimum absolute atomic E-state index is 0.0745. The van der Waals surface area contributed by atoms with Gasteiger partial charge in [0.1, 0.15) is 11.5 Å². The van der Waals surface area contributed by atoms with E-state index in [9.17, 15) is 13.2 Å². The summed E-state index contributed by atoms with van der Waals surface area (Å²) in [5, 5.41) is 7.89. The van der Waals surface area contributed by atoms with Crippen molar-refractivity contribution in [1.29, 1.82) is 0 Å². The van der Waals surface area contributed by atoms with Crippen molar-refractivity contribution in [2.75, 3.05) is 6.54 Å². The van der Waals surface area contributed by atoms with Crippen molar-refractivity contribution in [1.82, 2.24) is 5.32 Å². The number of hydrogen-bond donors (Lipinski definition) is 2. The Balaban J connectivity index is 1.96. The van der Waals surface area contributed by atoms with Gasteiger partial charge in [-0.05, 0) is 44.9 Å². The van der Waals surface area contributed by atoms with Crippen molar-refractivity contribution in [3.63, 3.8) is 0 Å². The van der Waals surface area contributed by atoms with Gasteiger partial charge in [0, 0.05) is 12.1 Å². The van der Waals surface area contributed by atoms with Crippen molar-refractivity contribution < 1.29 is 17.6 Å². The van der Waals surface area contributed by atoms with Crippen LogP contribution in [-0.4, -0.2) is 20.9 Å². The lowest BCUT2D eigenvalue weighted by Gasteiger charge is -2.06. The van der Waals surface area contributed by atoms with Crippen molar-refractivity contribution in [2.45, 2.75) is 32.1 Å². The van der Waals surface area contributed by atoms with Crippen LogP contribution >= 0.6 is 0 Å². The van der Waals surface area contributed by atoms with Gasteiger partial charge in [-0.15, -0.1) is 0 Å². The summed E-state index contributed by atoms with van der Waals surface area (Å²) < 4.78 is 27.8. The van der Waals surface area contributed by atoms with E-state index in [1.807, 2.05) is 13.8 Å². The number of benzene rings is 1. The number of sulfonamides is 1. The zero-order chi connectivity index (χ0) is 17.2. The molecule has 0 unspecified atom stereocenters. The predicted octanol–water partition coefficient (Wildman–Crippen LogP) is 1.82. The van der Waals surface area contributed by atoms with E-state index >= 15 is 0 Å². The van der Waals surface area contributed by atoms with E-state index in [2.05, 4.69) is 5.32 Å². The molecule has 2 aromatic rings. The Morgan fingerprint density at radius 1 is 1.13 bits per heavy atom. The summed E-state index contributed by atoms with van der Waals surface area (Å²) in [4.78, 5) is 12.3. The Bertz CT molecular complexity index is 821. The SMILES string of the molecule is Cc1oc(C)c(C(=O)NCCc2ccc(S(N)(=O)=O)cc2)c1C. The summed E-state index contributed by atoms with van der Waals surface area (Å²) in [5.41, 5.74) is 2.33. The van der Waals surface area contributed by atoms with Crippen LogP contribution in [0.1, 0.15) is 33.0 Å². The molecule has 7 heteroatoms. The van der Waals surface area contributed by atoms with Gasteiger partial charge in [-0.2, -0.15) is 0 Å². The molecular formula is C16H20N2O4S. The highest BCUT2D eigenvalue weighted by atomic mass is 32.2. The second kappa shape index (κ2) is 6.55. The first-order valence-electron chi connectivity index (χ1n) is 7.16. The quantitative estimate of drug-likeness (QED) is 0.869. The Hall–Kier alpha value is -2.12. The fraction of sp³-hybridized carbons (Fsp3) is 0.312. The lowest BCUT2D eigenvalue weighted by molar-refractivity contribution is 0.0952. The van der Waals surface area contributed by atoms with E-state index in [-0.39, 0.29) is 10.8 Å². The van der Waals surface area contributed by atoms with Crippen LogP contribution in [0.5, 0.6) is 0 Å². The number of carbonyl (C=O) groups is 1. The summed E-state index contributed by atoms with van der Waals surface area (Å²) >= 11 is 0. The fourth-order valence-electron chi connectivity index (χ4n) is 2.38. The molecule has 0 saturated heterocycles. The van der Waals surface area contributed by atoms with E-state index in [1.165, 1.54) is 12.1 Å². The molecule has 0 aliphatic heterocycles. The molecule has 0 atom stereocenters. The summed E-state index contributed by atoms with van der Waals surface area (Å²) in [5.74, 6) is 1.18. The normalized spacial score (nSPS) is 11.5. The van der Waals surface area contributed by atoms with Crippen LogP contribution in [0.25, 0.3) is 0 Å². The Labute approximate surface area is 135 Å². The molecule has 0 radical (unpaired) electrons. The number of nitrogens with one attached hydrogen (secondary N) is 1. The Morgan fingerprint density at radius 2 is 1.74 bits per heavy atom. The molecule has 0 fully saturated rings. The average Bonchev–Trinajstić information content (AvgIpc) is 2.71. The molecule has 1 aromatic heterocycles. The maximum absolute atomic E-state index is 12.2. The average molecular weight is 336 g/mol. The number of primary sulfonamides is 1. The number of amides is 1. The van der Waals surface area contributed by atoms with Gasteiger partial charge in [-0.25, -0.2) is 13.6 Å². The molecular weight excluding hydrogens is 316 g/mol. The molecule has 0 aliphatic carbocycles. The molecule has 0 bridgehead atoms. The number of nitrogens with two attached hydrogens (primary N) is 1. The number of furan rings is 1. The molecule has 1 amide bonds. The van der Waals surface area contributed by atoms with Gasteiger partial charge in [-0.1, -0.05) is 12.1 Å². The third-order valence-corrected chi connectivity index (χ3v) is 4.67. The van der Waals surface area contributed by atoms with Crippen LogP contribution in [0.2, 0.25) is 0 Å². The number of rotatable bonds is 5. The summed E-state index contributed by atoms with van der Waals surface area (Å²) in [6, 6.07) is 6.29. The molecule has 1 heterocycles. The minimum Gasteiger partial charge on any atom is -0.466 e. The maximum atomic E-state index is 12.2. The molecule has 0 aliphatic rings. The minimum atomic E-state index is -3.68. The van der Waals surface area contributed by atoms with E-state index in [0.29, 0.717) is 24.3 Å². The predicted molar refractivity (Wildman–Crippen MR) is 86.8 cm³/mol. The highest BCUT2D eigenvalue weighted by Gasteiger charge is 2.17. The number of hydrogen-bond acceptors (Lipinski definition) is 4. The molecule has 124 valence electrons. The first kappa shape index (κ1) is 17.2. The second-order valence-electron chi connectivity index (χ2n) is 5.41. The van der Waals surface area contributed by atoms with Gasteiger partial charge in [-0.3, -0.25) is 4.79 Å². The molecule has 1 aromatic carbocycles. The molecule has 23 heavy (non-hydrogen) atoms. The van der Waals surface area contributed by atoms with Crippen LogP contribution in [0.4, 0.5) is 0 Å². The maximum Gasteiger partial charge on any atom is 0.255 e. The third-order valence-electron chi connectivity index (χ3n) is 3.74. The van der Waals surface area contributed by atoms with Gasteiger partial charge in [0.25, 0.3) is 5.91 Å². The lowest BCUT2D eigenvalue weighted by atomic mass is 10.1. The van der Waals surface area contributed by atoms with Crippen LogP contribution in [0, 0.1) is 20.8 Å². The Morgan fingerprint density at radius 3 is 2.22 bits per heavy atom. The van der Waals surface area contributed by atoms with Gasteiger partial charge < -0.3 is 9.73 Å². The summed E-state index contributed by atoms with van der Waals surface area (Å²) in [6.45, 7) is 5.89. The molecule has 0 saturated carbocycles. The first-order chi connectivity index (χ1) is 10.7. The van der Waals surface area contributed by atoms with Gasteiger partial charge in [0.15, 0.2) is 0 Å². The smallest absolute Gasteiger partial charge is 0.255 e. The van der Waals surface area contributed by atoms with Crippen molar-refractivity contribution in [3.8, 4) is 0 Å². The van der Waals surface area contributed by atoms with Gasteiger partial charge in [0.05, 0.1) is 10.5 Å². The van der Waals surface area contributed by atoms with E-state index in [0.717, 1.165) is 16.9 Å². The van der Waals surface area contributed by atoms with Crippen LogP contribution in [-0.2, 0) is 16.4 Å². The Kier molecular flexibility index (Phi) is 4.91. The van der Waals surface area contributed by atoms with Crippen molar-refractivity contribution in [3.05, 3.63) is 52.5 Å². The second-order valence-corrected chi connectivity index (χ2v) is 6.97. The third kappa shape index (κ3) is 4.00. The van der Waals surface area contributed by atoms with Gasteiger partial charge in [0.2, 0.25) is 10.0 Å². The first-order valence-corrected chi connectivity index (χ1v) is 8.71. The highest BCUT2D eigenvalue weighted by Crippen LogP contribution is 2.20. The highest BCUT2D eigenvalue weighted by molar-refractivity contribution is 7.89. The largest absolute Gasteiger partial charge is 0.466 e. The van der Waals surface area contributed by atoms with E-state index in [4.69, 9.17) is 9.56 Å². The molecule has 0 spiro atoms. The lowest BCUT2D eigenvalue weighted by Crippen LogP contribution is -2.26. The number of aryl methyl sites for hydroxylation is 2. The fourth-order valence-corrected chi connectivity index (χ4v) is 2.90.